The van der Waals surface area contributed by atoms with E-state index in [-0.39, 0.29) is 18.8 Å². The van der Waals surface area contributed by atoms with E-state index in [1.807, 2.05) is 7.05 Å². The first-order valence-corrected chi connectivity index (χ1v) is 10.6. The van der Waals surface area contributed by atoms with Crippen LogP contribution in [0.5, 0.6) is 0 Å². The van der Waals surface area contributed by atoms with Crippen LogP contribution in [-0.4, -0.2) is 57.7 Å². The van der Waals surface area contributed by atoms with Gasteiger partial charge in [-0.15, -0.1) is 0 Å². The summed E-state index contributed by atoms with van der Waals surface area (Å²) in [6.45, 7) is 0.769. The van der Waals surface area contributed by atoms with Gasteiger partial charge in [0.15, 0.2) is 0 Å². The second-order valence-corrected chi connectivity index (χ2v) is 8.23. The lowest BCUT2D eigenvalue weighted by Gasteiger charge is -2.29. The van der Waals surface area contributed by atoms with Gasteiger partial charge in [0, 0.05) is 36.8 Å². The fourth-order valence-corrected chi connectivity index (χ4v) is 4.01. The molecular formula is C22H28N6O5. The minimum absolute atomic E-state index is 0.191. The zero-order valence-electron chi connectivity index (χ0n) is 18.3. The third kappa shape index (κ3) is 6.09. The number of carbonyl (C=O) groups is 3. The molecule has 2 atom stereocenters. The Labute approximate surface area is 190 Å². The van der Waals surface area contributed by atoms with Crippen LogP contribution >= 0.6 is 0 Å². The molecule has 0 aliphatic heterocycles. The third-order valence-electron chi connectivity index (χ3n) is 5.78. The lowest BCUT2D eigenvalue weighted by atomic mass is 9.86. The van der Waals surface area contributed by atoms with E-state index in [1.54, 1.807) is 24.3 Å². The van der Waals surface area contributed by atoms with Gasteiger partial charge in [0.05, 0.1) is 5.69 Å². The number of nitrogens with two attached hydrogens (primary N) is 2. The second kappa shape index (κ2) is 10.2. The second-order valence-electron chi connectivity index (χ2n) is 8.23. The normalized spacial score (nSPS) is 15.8. The molecule has 2 unspecified atom stereocenters. The average molecular weight is 457 g/mol. The number of aliphatic carboxylic acids is 2. The molecular weight excluding hydrogens is 428 g/mol. The van der Waals surface area contributed by atoms with E-state index in [1.165, 1.54) is 0 Å². The zero-order chi connectivity index (χ0) is 24.1. The molecule has 1 aromatic heterocycles. The molecule has 0 bridgehead atoms. The number of aryl methyl sites for hydroxylation is 1. The van der Waals surface area contributed by atoms with Gasteiger partial charge in [0.2, 0.25) is 5.95 Å². The maximum Gasteiger partial charge on any atom is 0.326 e. The molecule has 11 heteroatoms. The highest BCUT2D eigenvalue weighted by Gasteiger charge is 2.25. The quantitative estimate of drug-likeness (QED) is 0.363. The summed E-state index contributed by atoms with van der Waals surface area (Å²) in [5.74, 6) is -1.98. The van der Waals surface area contributed by atoms with Crippen LogP contribution in [0.3, 0.4) is 0 Å². The van der Waals surface area contributed by atoms with E-state index in [2.05, 4.69) is 20.2 Å². The Morgan fingerprint density at radius 2 is 1.88 bits per heavy atom. The summed E-state index contributed by atoms with van der Waals surface area (Å²) >= 11 is 0. The number of benzene rings is 1. The van der Waals surface area contributed by atoms with Crippen molar-refractivity contribution in [1.29, 1.82) is 0 Å². The zero-order valence-corrected chi connectivity index (χ0v) is 18.3. The van der Waals surface area contributed by atoms with Crippen LogP contribution in [0.15, 0.2) is 24.3 Å². The van der Waals surface area contributed by atoms with Gasteiger partial charge in [-0.3, -0.25) is 9.59 Å². The summed E-state index contributed by atoms with van der Waals surface area (Å²) in [6, 6.07) is 5.54. The predicted octanol–water partition coefficient (Wildman–Crippen LogP) is 0.930. The molecule has 33 heavy (non-hydrogen) atoms. The monoisotopic (exact) mass is 456 g/mol. The number of hydrogen-bond donors (Lipinski definition) is 5. The third-order valence-corrected chi connectivity index (χ3v) is 5.78. The van der Waals surface area contributed by atoms with Crippen molar-refractivity contribution in [2.45, 2.75) is 38.1 Å². The SMILES string of the molecule is CN(CC1CCc2nc(N)nc(N)c2C1)c1ccc(C(=O)NC(CCC(=O)O)C(=O)O)cc1. The lowest BCUT2D eigenvalue weighted by Crippen LogP contribution is -2.41. The van der Waals surface area contributed by atoms with Gasteiger partial charge in [-0.05, 0) is 55.9 Å². The van der Waals surface area contributed by atoms with Crippen LogP contribution < -0.4 is 21.7 Å². The van der Waals surface area contributed by atoms with E-state index in [0.717, 1.165) is 42.8 Å². The maximum absolute atomic E-state index is 12.4. The van der Waals surface area contributed by atoms with Crippen LogP contribution in [-0.2, 0) is 22.4 Å². The molecule has 0 fully saturated rings. The van der Waals surface area contributed by atoms with Crippen molar-refractivity contribution < 1.29 is 24.6 Å². The Morgan fingerprint density at radius 1 is 1.18 bits per heavy atom. The number of nitrogen functional groups attached to an aromatic ring is 2. The first kappa shape index (κ1) is 23.8. The Balaban J connectivity index is 1.59. The molecule has 1 heterocycles. The van der Waals surface area contributed by atoms with Crippen molar-refractivity contribution in [3.05, 3.63) is 41.1 Å². The molecule has 1 aliphatic carbocycles. The summed E-state index contributed by atoms with van der Waals surface area (Å²) in [7, 11) is 1.96. The van der Waals surface area contributed by atoms with E-state index < -0.39 is 23.9 Å². The highest BCUT2D eigenvalue weighted by Crippen LogP contribution is 2.29. The minimum atomic E-state index is -1.27. The molecule has 0 saturated carbocycles. The van der Waals surface area contributed by atoms with Crippen LogP contribution in [0.4, 0.5) is 17.5 Å². The van der Waals surface area contributed by atoms with E-state index in [0.29, 0.717) is 17.3 Å². The van der Waals surface area contributed by atoms with E-state index in [4.69, 9.17) is 16.6 Å². The number of aromatic nitrogens is 2. The number of nitrogens with zero attached hydrogens (tertiary/aromatic N) is 3. The van der Waals surface area contributed by atoms with Gasteiger partial charge in [-0.25, -0.2) is 9.78 Å². The van der Waals surface area contributed by atoms with Crippen LogP contribution in [0, 0.1) is 5.92 Å². The van der Waals surface area contributed by atoms with E-state index in [9.17, 15) is 19.5 Å². The highest BCUT2D eigenvalue weighted by molar-refractivity contribution is 5.97. The van der Waals surface area contributed by atoms with Gasteiger partial charge < -0.3 is 31.9 Å². The molecule has 7 N–H and O–H groups in total. The van der Waals surface area contributed by atoms with Gasteiger partial charge >= 0.3 is 11.9 Å². The highest BCUT2D eigenvalue weighted by atomic mass is 16.4. The van der Waals surface area contributed by atoms with Gasteiger partial charge in [0.25, 0.3) is 5.91 Å². The van der Waals surface area contributed by atoms with Crippen LogP contribution in [0.25, 0.3) is 0 Å². The topological polar surface area (TPSA) is 185 Å². The summed E-state index contributed by atoms with van der Waals surface area (Å²) in [6.07, 6.45) is 1.96. The number of fused-ring (bicyclic) bond motifs is 1. The summed E-state index contributed by atoms with van der Waals surface area (Å²) in [4.78, 5) is 44.8. The van der Waals surface area contributed by atoms with Crippen LogP contribution in [0.2, 0.25) is 0 Å². The molecule has 0 saturated heterocycles. The number of carboxylic acids is 2. The molecule has 1 aromatic carbocycles. The molecule has 1 aliphatic rings. The predicted molar refractivity (Wildman–Crippen MR) is 122 cm³/mol. The summed E-state index contributed by atoms with van der Waals surface area (Å²) < 4.78 is 0. The number of carbonyl (C=O) groups excluding carboxylic acids is 1. The van der Waals surface area contributed by atoms with Crippen molar-refractivity contribution >= 4 is 35.3 Å². The first-order valence-electron chi connectivity index (χ1n) is 10.6. The summed E-state index contributed by atoms with van der Waals surface area (Å²) in [5, 5.41) is 20.3. The standard InChI is InChI=1S/C22H28N6O5/c1-28(11-12-2-7-16-15(10-12)19(23)27-22(24)26-16)14-5-3-13(4-6-14)20(31)25-17(21(32)33)8-9-18(29)30/h3-6,12,17H,2,7-11H2,1H3,(H,25,31)(H,29,30)(H,32,33)(H4,23,24,26,27). The van der Waals surface area contributed by atoms with Crippen molar-refractivity contribution in [2.24, 2.45) is 5.92 Å². The lowest BCUT2D eigenvalue weighted by molar-refractivity contribution is -0.140. The Morgan fingerprint density at radius 3 is 2.52 bits per heavy atom. The fourth-order valence-electron chi connectivity index (χ4n) is 4.01. The van der Waals surface area contributed by atoms with Crippen molar-refractivity contribution in [3.8, 4) is 0 Å². The number of rotatable bonds is 9. The molecule has 176 valence electrons. The number of anilines is 3. The Bertz CT molecular complexity index is 1040. The largest absolute Gasteiger partial charge is 0.481 e. The smallest absolute Gasteiger partial charge is 0.326 e. The van der Waals surface area contributed by atoms with Gasteiger partial charge in [-0.1, -0.05) is 0 Å². The maximum atomic E-state index is 12.4. The Kier molecular flexibility index (Phi) is 7.31. The van der Waals surface area contributed by atoms with Gasteiger partial charge in [0.1, 0.15) is 11.9 Å². The number of carboxylic acid groups (broad SMARTS) is 2. The first-order chi connectivity index (χ1) is 15.6. The van der Waals surface area contributed by atoms with Crippen LogP contribution in [0.1, 0.15) is 40.9 Å². The van der Waals surface area contributed by atoms with Crippen molar-refractivity contribution in [3.63, 3.8) is 0 Å². The minimum Gasteiger partial charge on any atom is -0.481 e. The molecule has 2 aromatic rings. The molecule has 3 rings (SSSR count). The van der Waals surface area contributed by atoms with Crippen molar-refractivity contribution in [2.75, 3.05) is 30.0 Å². The number of nitrogens with one attached hydrogen (secondary N) is 1. The molecule has 11 nitrogen and oxygen atoms in total. The molecule has 1 amide bonds. The average Bonchev–Trinajstić information content (AvgIpc) is 2.76. The van der Waals surface area contributed by atoms with Crippen molar-refractivity contribution in [1.82, 2.24) is 15.3 Å². The fraction of sp³-hybridized carbons (Fsp3) is 0.409. The number of hydrogen-bond acceptors (Lipinski definition) is 8. The van der Waals surface area contributed by atoms with E-state index >= 15 is 0 Å². The summed E-state index contributed by atoms with van der Waals surface area (Å²) in [5.41, 5.74) is 14.8. The molecule has 0 spiro atoms. The number of amides is 1. The molecule has 0 radical (unpaired) electrons. The Hall–Kier alpha value is -3.89. The van der Waals surface area contributed by atoms with Gasteiger partial charge in [-0.2, -0.15) is 4.98 Å².